The van der Waals surface area contributed by atoms with Gasteiger partial charge in [-0.2, -0.15) is 0 Å². The third kappa shape index (κ3) is 5.12. The molecule has 1 saturated heterocycles. The molecule has 2 aromatic rings. The molecule has 6 nitrogen and oxygen atoms in total. The van der Waals surface area contributed by atoms with Crippen molar-refractivity contribution in [3.8, 4) is 5.75 Å². The summed E-state index contributed by atoms with van der Waals surface area (Å²) in [6.45, 7) is 1.46. The van der Waals surface area contributed by atoms with Gasteiger partial charge in [-0.3, -0.25) is 4.79 Å². The summed E-state index contributed by atoms with van der Waals surface area (Å²) >= 11 is 7.17. The fourth-order valence-electron chi connectivity index (χ4n) is 2.19. The minimum atomic E-state index is -1.04. The summed E-state index contributed by atoms with van der Waals surface area (Å²) in [6.07, 6.45) is 0.792. The fraction of sp³-hybridized carbons (Fsp3) is 0.105. The van der Waals surface area contributed by atoms with Gasteiger partial charge in [-0.1, -0.05) is 29.8 Å². The van der Waals surface area contributed by atoms with Crippen molar-refractivity contribution in [2.24, 2.45) is 4.99 Å². The number of rotatable bonds is 5. The quantitative estimate of drug-likeness (QED) is 0.735. The zero-order chi connectivity index (χ0) is 19.4. The van der Waals surface area contributed by atoms with E-state index in [1.54, 1.807) is 54.6 Å². The molecule has 1 atom stereocenters. The van der Waals surface area contributed by atoms with Crippen LogP contribution in [0.3, 0.4) is 0 Å². The van der Waals surface area contributed by atoms with Gasteiger partial charge < -0.3 is 15.2 Å². The van der Waals surface area contributed by atoms with Crippen molar-refractivity contribution in [3.05, 3.63) is 64.0 Å². The summed E-state index contributed by atoms with van der Waals surface area (Å²) in [4.78, 5) is 27.8. The summed E-state index contributed by atoms with van der Waals surface area (Å²) in [5, 5.41) is 12.6. The molecular weight excluding hydrogens is 388 g/mol. The molecular formula is C19H15ClN2O4S. The van der Waals surface area contributed by atoms with Crippen LogP contribution in [0.1, 0.15) is 12.5 Å². The highest BCUT2D eigenvalue weighted by Gasteiger charge is 2.23. The number of aliphatic carboxylic acids is 1. The molecule has 138 valence electrons. The van der Waals surface area contributed by atoms with Crippen molar-refractivity contribution in [2.75, 3.05) is 0 Å². The second kappa shape index (κ2) is 8.28. The number of thioether (sulfide) groups is 1. The number of carboxylic acid groups (broad SMARTS) is 1. The Balaban J connectivity index is 1.72. The molecule has 1 aliphatic rings. The predicted molar refractivity (Wildman–Crippen MR) is 106 cm³/mol. The zero-order valence-corrected chi connectivity index (χ0v) is 15.8. The highest BCUT2D eigenvalue weighted by atomic mass is 35.5. The Morgan fingerprint density at radius 2 is 2.04 bits per heavy atom. The molecule has 27 heavy (non-hydrogen) atoms. The first kappa shape index (κ1) is 19.0. The molecule has 1 heterocycles. The van der Waals surface area contributed by atoms with Gasteiger partial charge >= 0.3 is 5.97 Å². The van der Waals surface area contributed by atoms with E-state index >= 15 is 0 Å². The van der Waals surface area contributed by atoms with Crippen molar-refractivity contribution in [1.29, 1.82) is 0 Å². The predicted octanol–water partition coefficient (Wildman–Crippen LogP) is 4.08. The van der Waals surface area contributed by atoms with Gasteiger partial charge in [0.05, 0.1) is 10.6 Å². The Hall–Kier alpha value is -2.77. The first-order valence-corrected chi connectivity index (χ1v) is 9.15. The van der Waals surface area contributed by atoms with E-state index in [0.29, 0.717) is 26.5 Å². The zero-order valence-electron chi connectivity index (χ0n) is 14.2. The number of aliphatic imine (C=N–C) groups is 1. The first-order chi connectivity index (χ1) is 12.9. The van der Waals surface area contributed by atoms with E-state index in [1.165, 1.54) is 18.7 Å². The number of amides is 1. The Morgan fingerprint density at radius 3 is 2.70 bits per heavy atom. The highest BCUT2D eigenvalue weighted by Crippen LogP contribution is 2.29. The van der Waals surface area contributed by atoms with Crippen molar-refractivity contribution >= 4 is 52.2 Å². The van der Waals surface area contributed by atoms with Crippen LogP contribution in [0, 0.1) is 0 Å². The number of carbonyl (C=O) groups is 2. The monoisotopic (exact) mass is 402 g/mol. The molecule has 1 amide bonds. The number of carbonyl (C=O) groups excluding carboxylic acids is 1. The molecule has 1 aliphatic heterocycles. The molecule has 3 rings (SSSR count). The lowest BCUT2D eigenvalue weighted by Gasteiger charge is -2.10. The number of amidine groups is 1. The van der Waals surface area contributed by atoms with Crippen LogP contribution in [0.25, 0.3) is 6.08 Å². The molecule has 0 bridgehead atoms. The van der Waals surface area contributed by atoms with Gasteiger partial charge in [-0.15, -0.1) is 0 Å². The molecule has 0 radical (unpaired) electrons. The lowest BCUT2D eigenvalue weighted by molar-refractivity contribution is -0.144. The molecule has 0 unspecified atom stereocenters. The second-order valence-corrected chi connectivity index (χ2v) is 7.10. The maximum Gasteiger partial charge on any atom is 0.344 e. The van der Waals surface area contributed by atoms with Gasteiger partial charge in [0, 0.05) is 5.02 Å². The van der Waals surface area contributed by atoms with Crippen molar-refractivity contribution in [2.45, 2.75) is 13.0 Å². The van der Waals surface area contributed by atoms with E-state index in [1.807, 2.05) is 0 Å². The molecule has 0 spiro atoms. The maximum absolute atomic E-state index is 12.1. The van der Waals surface area contributed by atoms with E-state index in [2.05, 4.69) is 10.3 Å². The largest absolute Gasteiger partial charge is 0.479 e. The van der Waals surface area contributed by atoms with E-state index in [9.17, 15) is 9.59 Å². The SMILES string of the molecule is C[C@@H](Oc1ccc(/C=C2/SC(=Nc3cccc(Cl)c3)NC2=O)cc1)C(=O)O. The standard InChI is InChI=1S/C19H15ClN2O4S/c1-11(18(24)25)26-15-7-5-12(6-8-15)9-16-17(23)22-19(27-16)21-14-4-2-3-13(20)10-14/h2-11H,1H3,(H,24,25)(H,21,22,23)/b16-9+/t11-/m1/s1. The lowest BCUT2D eigenvalue weighted by Crippen LogP contribution is -2.22. The van der Waals surface area contributed by atoms with E-state index in [4.69, 9.17) is 21.4 Å². The average molecular weight is 403 g/mol. The van der Waals surface area contributed by atoms with Crippen LogP contribution < -0.4 is 10.1 Å². The summed E-state index contributed by atoms with van der Waals surface area (Å²) in [6, 6.07) is 13.8. The van der Waals surface area contributed by atoms with Gasteiger partial charge in [0.25, 0.3) is 5.91 Å². The maximum atomic E-state index is 12.1. The first-order valence-electron chi connectivity index (χ1n) is 7.95. The number of halogens is 1. The number of nitrogens with one attached hydrogen (secondary N) is 1. The molecule has 0 aromatic heterocycles. The number of ether oxygens (including phenoxy) is 1. The molecule has 2 aromatic carbocycles. The Morgan fingerprint density at radius 1 is 1.30 bits per heavy atom. The van der Waals surface area contributed by atoms with E-state index in [-0.39, 0.29) is 5.91 Å². The van der Waals surface area contributed by atoms with Crippen LogP contribution in [0.2, 0.25) is 5.02 Å². The molecule has 1 fully saturated rings. The lowest BCUT2D eigenvalue weighted by atomic mass is 10.2. The van der Waals surface area contributed by atoms with Gasteiger partial charge in [0.15, 0.2) is 11.3 Å². The van der Waals surface area contributed by atoms with E-state index < -0.39 is 12.1 Å². The molecule has 0 saturated carbocycles. The van der Waals surface area contributed by atoms with Crippen LogP contribution in [0.15, 0.2) is 58.4 Å². The minimum absolute atomic E-state index is 0.236. The summed E-state index contributed by atoms with van der Waals surface area (Å²) in [5.41, 5.74) is 1.44. The van der Waals surface area contributed by atoms with Gasteiger partial charge in [-0.05, 0) is 60.7 Å². The van der Waals surface area contributed by atoms with Crippen LogP contribution in [0.5, 0.6) is 5.75 Å². The number of carboxylic acids is 1. The van der Waals surface area contributed by atoms with Crippen molar-refractivity contribution in [3.63, 3.8) is 0 Å². The molecule has 0 aliphatic carbocycles. The number of nitrogens with zero attached hydrogens (tertiary/aromatic N) is 1. The van der Waals surface area contributed by atoms with Crippen LogP contribution in [-0.2, 0) is 9.59 Å². The molecule has 2 N–H and O–H groups in total. The molecule has 8 heteroatoms. The number of hydrogen-bond acceptors (Lipinski definition) is 5. The van der Waals surface area contributed by atoms with Gasteiger partial charge in [0.2, 0.25) is 0 Å². The van der Waals surface area contributed by atoms with Crippen LogP contribution in [-0.4, -0.2) is 28.3 Å². The minimum Gasteiger partial charge on any atom is -0.479 e. The third-order valence-corrected chi connectivity index (χ3v) is 4.67. The summed E-state index contributed by atoms with van der Waals surface area (Å²) < 4.78 is 5.28. The fourth-order valence-corrected chi connectivity index (χ4v) is 3.22. The van der Waals surface area contributed by atoms with Crippen LogP contribution >= 0.6 is 23.4 Å². The Kier molecular flexibility index (Phi) is 5.83. The number of benzene rings is 2. The van der Waals surface area contributed by atoms with Crippen molar-refractivity contribution in [1.82, 2.24) is 5.32 Å². The Bertz CT molecular complexity index is 941. The van der Waals surface area contributed by atoms with Crippen LogP contribution in [0.4, 0.5) is 5.69 Å². The Labute approximate surface area is 164 Å². The van der Waals surface area contributed by atoms with Gasteiger partial charge in [-0.25, -0.2) is 9.79 Å². The third-order valence-electron chi connectivity index (χ3n) is 3.53. The summed E-state index contributed by atoms with van der Waals surface area (Å²) in [5.74, 6) is -0.828. The number of hydrogen-bond donors (Lipinski definition) is 2. The topological polar surface area (TPSA) is 88.0 Å². The second-order valence-electron chi connectivity index (χ2n) is 5.63. The smallest absolute Gasteiger partial charge is 0.344 e. The normalized spacial score (nSPS) is 17.8. The van der Waals surface area contributed by atoms with Gasteiger partial charge in [0.1, 0.15) is 5.75 Å². The van der Waals surface area contributed by atoms with Crippen molar-refractivity contribution < 1.29 is 19.4 Å². The summed E-state index contributed by atoms with van der Waals surface area (Å²) in [7, 11) is 0. The average Bonchev–Trinajstić information content (AvgIpc) is 2.95. The van der Waals surface area contributed by atoms with E-state index in [0.717, 1.165) is 5.56 Å². The highest BCUT2D eigenvalue weighted by molar-refractivity contribution is 8.18.